The highest BCUT2D eigenvalue weighted by Gasteiger charge is 2.37. The number of piperazine rings is 1. The molecule has 36 heavy (non-hydrogen) atoms. The van der Waals surface area contributed by atoms with Gasteiger partial charge in [0.2, 0.25) is 11.8 Å². The maximum atomic E-state index is 13.5. The molecule has 2 atom stereocenters. The summed E-state index contributed by atoms with van der Waals surface area (Å²) in [5.74, 6) is 0.596. The summed E-state index contributed by atoms with van der Waals surface area (Å²) >= 11 is 0. The van der Waals surface area contributed by atoms with Crippen molar-refractivity contribution in [3.63, 3.8) is 0 Å². The second kappa shape index (κ2) is 13.6. The monoisotopic (exact) mass is 491 g/mol. The zero-order chi connectivity index (χ0) is 25.2. The van der Waals surface area contributed by atoms with Crippen LogP contribution in [0, 0.1) is 5.92 Å². The Hall–Kier alpha value is -2.70. The molecule has 2 aromatic carbocycles. The average Bonchev–Trinajstić information content (AvgIpc) is 3.43. The molecule has 4 rings (SSSR count). The zero-order valence-electron chi connectivity index (χ0n) is 21.6. The van der Waals surface area contributed by atoms with E-state index >= 15 is 0 Å². The topological polar surface area (TPSA) is 61.9 Å². The largest absolute Gasteiger partial charge is 0.367 e. The molecule has 0 radical (unpaired) electrons. The second-order valence-corrected chi connectivity index (χ2v) is 10.3. The highest BCUT2D eigenvalue weighted by atomic mass is 16.5. The molecular weight excluding hydrogens is 450 g/mol. The Balaban J connectivity index is 1.25. The number of hydrogen-bond acceptors (Lipinski definition) is 4. The van der Waals surface area contributed by atoms with Gasteiger partial charge in [0.25, 0.3) is 0 Å². The van der Waals surface area contributed by atoms with Gasteiger partial charge < -0.3 is 15.0 Å². The van der Waals surface area contributed by atoms with E-state index < -0.39 is 0 Å². The number of carbonyl (C=O) groups excluding carboxylic acids is 2. The molecule has 1 aliphatic heterocycles. The first kappa shape index (κ1) is 26.4. The lowest BCUT2D eigenvalue weighted by atomic mass is 9.94. The molecule has 6 heteroatoms. The quantitative estimate of drug-likeness (QED) is 0.515. The van der Waals surface area contributed by atoms with Crippen molar-refractivity contribution in [1.29, 1.82) is 0 Å². The van der Waals surface area contributed by atoms with Crippen LogP contribution in [0.15, 0.2) is 60.7 Å². The number of ether oxygens (including phenoxy) is 1. The van der Waals surface area contributed by atoms with E-state index in [1.165, 1.54) is 18.4 Å². The van der Waals surface area contributed by atoms with Gasteiger partial charge in [-0.3, -0.25) is 14.5 Å². The number of rotatable bonds is 11. The van der Waals surface area contributed by atoms with Crippen LogP contribution in [0.25, 0.3) is 0 Å². The van der Waals surface area contributed by atoms with E-state index in [1.54, 1.807) is 0 Å². The Bertz CT molecular complexity index is 938. The molecule has 0 bridgehead atoms. The highest BCUT2D eigenvalue weighted by Crippen LogP contribution is 2.31. The van der Waals surface area contributed by atoms with Crippen molar-refractivity contribution >= 4 is 11.8 Å². The number of nitrogens with zero attached hydrogens (tertiary/aromatic N) is 2. The highest BCUT2D eigenvalue weighted by molar-refractivity contribution is 5.82. The summed E-state index contributed by atoms with van der Waals surface area (Å²) in [4.78, 5) is 30.4. The molecule has 2 amide bonds. The van der Waals surface area contributed by atoms with Crippen molar-refractivity contribution < 1.29 is 14.3 Å². The lowest BCUT2D eigenvalue weighted by Crippen LogP contribution is -2.59. The first-order valence-electron chi connectivity index (χ1n) is 13.6. The number of amides is 2. The molecule has 1 heterocycles. The summed E-state index contributed by atoms with van der Waals surface area (Å²) in [7, 11) is 0. The minimum absolute atomic E-state index is 0.0296. The first-order chi connectivity index (χ1) is 17.6. The summed E-state index contributed by atoms with van der Waals surface area (Å²) in [6.07, 6.45) is 6.53. The molecule has 0 aromatic heterocycles. The second-order valence-electron chi connectivity index (χ2n) is 10.3. The summed E-state index contributed by atoms with van der Waals surface area (Å²) in [5, 5.41) is 3.32. The summed E-state index contributed by atoms with van der Waals surface area (Å²) < 4.78 is 5.66. The molecule has 2 aliphatic rings. The lowest BCUT2D eigenvalue weighted by molar-refractivity contribution is -0.140. The third kappa shape index (κ3) is 7.65. The summed E-state index contributed by atoms with van der Waals surface area (Å²) in [6.45, 7) is 5.41. The Kier molecular flexibility index (Phi) is 9.93. The molecule has 194 valence electrons. The van der Waals surface area contributed by atoms with Gasteiger partial charge in [-0.1, -0.05) is 73.5 Å². The third-order valence-corrected chi connectivity index (χ3v) is 7.61. The van der Waals surface area contributed by atoms with Crippen LogP contribution in [0.1, 0.15) is 50.2 Å². The fourth-order valence-electron chi connectivity index (χ4n) is 5.55. The smallest absolute Gasteiger partial charge is 0.248 e. The molecule has 1 saturated heterocycles. The number of nitrogens with one attached hydrogen (secondary N) is 1. The van der Waals surface area contributed by atoms with E-state index in [0.717, 1.165) is 44.3 Å². The molecular formula is C30H41N3O3. The molecule has 2 aromatic rings. The van der Waals surface area contributed by atoms with Crippen molar-refractivity contribution in [2.24, 2.45) is 5.92 Å². The van der Waals surface area contributed by atoms with Crippen LogP contribution in [-0.2, 0) is 27.4 Å². The van der Waals surface area contributed by atoms with Crippen molar-refractivity contribution in [3.8, 4) is 0 Å². The fraction of sp³-hybridized carbons (Fsp3) is 0.533. The zero-order valence-corrected chi connectivity index (χ0v) is 21.6. The molecule has 2 fully saturated rings. The third-order valence-electron chi connectivity index (χ3n) is 7.61. The van der Waals surface area contributed by atoms with E-state index in [9.17, 15) is 9.59 Å². The molecule has 0 spiro atoms. The normalized spacial score (nSPS) is 18.6. The van der Waals surface area contributed by atoms with Crippen molar-refractivity contribution in [1.82, 2.24) is 15.1 Å². The molecule has 1 saturated carbocycles. The lowest BCUT2D eigenvalue weighted by Gasteiger charge is -2.41. The minimum Gasteiger partial charge on any atom is -0.367 e. The molecule has 1 aliphatic carbocycles. The van der Waals surface area contributed by atoms with Gasteiger partial charge in [0.1, 0.15) is 6.61 Å². The number of carbonyl (C=O) groups is 2. The van der Waals surface area contributed by atoms with Crippen LogP contribution in [-0.4, -0.2) is 66.5 Å². The molecule has 1 N–H and O–H groups in total. The van der Waals surface area contributed by atoms with Crippen molar-refractivity contribution in [2.75, 3.05) is 32.8 Å². The Morgan fingerprint density at radius 2 is 1.53 bits per heavy atom. The predicted octanol–water partition coefficient (Wildman–Crippen LogP) is 4.04. The van der Waals surface area contributed by atoms with Gasteiger partial charge in [-0.15, -0.1) is 0 Å². The van der Waals surface area contributed by atoms with Crippen LogP contribution in [0.2, 0.25) is 0 Å². The first-order valence-corrected chi connectivity index (χ1v) is 13.6. The van der Waals surface area contributed by atoms with Gasteiger partial charge >= 0.3 is 0 Å². The minimum atomic E-state index is -0.0988. The van der Waals surface area contributed by atoms with E-state index in [1.807, 2.05) is 41.3 Å². The molecule has 2 unspecified atom stereocenters. The Morgan fingerprint density at radius 3 is 2.17 bits per heavy atom. The van der Waals surface area contributed by atoms with E-state index in [0.29, 0.717) is 25.6 Å². The van der Waals surface area contributed by atoms with Gasteiger partial charge in [0.05, 0.1) is 12.6 Å². The van der Waals surface area contributed by atoms with Gasteiger partial charge in [-0.25, -0.2) is 0 Å². The van der Waals surface area contributed by atoms with Crippen molar-refractivity contribution in [2.45, 2.75) is 64.1 Å². The number of hydrogen-bond donors (Lipinski definition) is 1. The number of benzene rings is 2. The molecule has 6 nitrogen and oxygen atoms in total. The van der Waals surface area contributed by atoms with Crippen LogP contribution in [0.3, 0.4) is 0 Å². The van der Waals surface area contributed by atoms with Crippen molar-refractivity contribution in [3.05, 3.63) is 71.8 Å². The van der Waals surface area contributed by atoms with Crippen LogP contribution in [0.4, 0.5) is 0 Å². The van der Waals surface area contributed by atoms with Gasteiger partial charge in [-0.2, -0.15) is 0 Å². The van der Waals surface area contributed by atoms with E-state index in [4.69, 9.17) is 4.74 Å². The van der Waals surface area contributed by atoms with Gasteiger partial charge in [0, 0.05) is 32.2 Å². The van der Waals surface area contributed by atoms with E-state index in [-0.39, 0.29) is 30.5 Å². The maximum Gasteiger partial charge on any atom is 0.248 e. The average molecular weight is 492 g/mol. The fourth-order valence-corrected chi connectivity index (χ4v) is 5.55. The maximum absolute atomic E-state index is 13.5. The summed E-state index contributed by atoms with van der Waals surface area (Å²) in [5.41, 5.74) is 2.37. The number of aryl methyl sites for hydroxylation is 1. The van der Waals surface area contributed by atoms with Gasteiger partial charge in [0.15, 0.2) is 0 Å². The standard InChI is InChI=1S/C30H41N3O3/c1-24(16-17-25-10-4-2-5-11-25)31-30(35)29(27-14-8-9-15-27)33-20-18-32(19-21-33)28(34)23-36-22-26-12-6-3-7-13-26/h2-7,10-13,24,27,29H,8-9,14-23H2,1H3,(H,31,35). The summed E-state index contributed by atoms with van der Waals surface area (Å²) in [6, 6.07) is 20.4. The predicted molar refractivity (Wildman–Crippen MR) is 142 cm³/mol. The van der Waals surface area contributed by atoms with Crippen LogP contribution in [0.5, 0.6) is 0 Å². The van der Waals surface area contributed by atoms with E-state index in [2.05, 4.69) is 41.4 Å². The Morgan fingerprint density at radius 1 is 0.917 bits per heavy atom. The van der Waals surface area contributed by atoms with Crippen LogP contribution >= 0.6 is 0 Å². The van der Waals surface area contributed by atoms with Crippen LogP contribution < -0.4 is 5.32 Å². The van der Waals surface area contributed by atoms with Gasteiger partial charge in [-0.05, 0) is 49.7 Å². The SMILES string of the molecule is CC(CCc1ccccc1)NC(=O)C(C1CCCC1)N1CCN(C(=O)COCc2ccccc2)CC1. The Labute approximate surface area is 216 Å².